The summed E-state index contributed by atoms with van der Waals surface area (Å²) >= 11 is 0. The summed E-state index contributed by atoms with van der Waals surface area (Å²) in [5.74, 6) is 0.446. The summed E-state index contributed by atoms with van der Waals surface area (Å²) in [6.45, 7) is 4.97. The Bertz CT molecular complexity index is 315. The SMILES string of the molecule is COCCOC[C@@H]1CCN(C(=O)[C@](C)(O)C2CC2)C1. The standard InChI is InChI=1S/C14H25NO4/c1-14(17,12-3-4-12)13(16)15-6-5-11(9-15)10-19-8-7-18-2/h11-12,17H,3-10H2,1-2H3/t11-,14-/m1/s1. The van der Waals surface area contributed by atoms with Crippen LogP contribution in [0.3, 0.4) is 0 Å². The molecule has 1 heterocycles. The number of hydrogen-bond acceptors (Lipinski definition) is 4. The number of carbonyl (C=O) groups excluding carboxylic acids is 1. The maximum Gasteiger partial charge on any atom is 0.254 e. The first-order chi connectivity index (χ1) is 9.05. The molecule has 2 fully saturated rings. The second kappa shape index (κ2) is 6.20. The summed E-state index contributed by atoms with van der Waals surface area (Å²) in [7, 11) is 1.65. The lowest BCUT2D eigenvalue weighted by Gasteiger charge is -2.28. The third-order valence-electron chi connectivity index (χ3n) is 4.16. The Morgan fingerprint density at radius 1 is 1.37 bits per heavy atom. The molecule has 2 rings (SSSR count). The zero-order valence-corrected chi connectivity index (χ0v) is 11.9. The Balaban J connectivity index is 1.73. The summed E-state index contributed by atoms with van der Waals surface area (Å²) in [5.41, 5.74) is -1.16. The Morgan fingerprint density at radius 3 is 2.74 bits per heavy atom. The van der Waals surface area contributed by atoms with Crippen molar-refractivity contribution in [3.8, 4) is 0 Å². The van der Waals surface area contributed by atoms with Crippen molar-refractivity contribution in [2.24, 2.45) is 11.8 Å². The molecule has 5 heteroatoms. The van der Waals surface area contributed by atoms with Gasteiger partial charge in [-0.2, -0.15) is 0 Å². The predicted molar refractivity (Wildman–Crippen MR) is 70.7 cm³/mol. The van der Waals surface area contributed by atoms with Crippen molar-refractivity contribution < 1.29 is 19.4 Å². The van der Waals surface area contributed by atoms with E-state index < -0.39 is 5.60 Å². The number of nitrogens with zero attached hydrogens (tertiary/aromatic N) is 1. The van der Waals surface area contributed by atoms with E-state index in [1.54, 1.807) is 18.9 Å². The van der Waals surface area contributed by atoms with Gasteiger partial charge in [0, 0.05) is 26.1 Å². The highest BCUT2D eigenvalue weighted by atomic mass is 16.5. The molecular weight excluding hydrogens is 246 g/mol. The summed E-state index contributed by atoms with van der Waals surface area (Å²) in [6, 6.07) is 0. The van der Waals surface area contributed by atoms with Crippen LogP contribution in [-0.4, -0.2) is 61.5 Å². The van der Waals surface area contributed by atoms with Gasteiger partial charge in [0.15, 0.2) is 0 Å². The van der Waals surface area contributed by atoms with E-state index in [1.807, 2.05) is 0 Å². The van der Waals surface area contributed by atoms with Crippen LogP contribution in [0.25, 0.3) is 0 Å². The molecule has 1 aliphatic heterocycles. The fraction of sp³-hybridized carbons (Fsp3) is 0.929. The molecule has 0 radical (unpaired) electrons. The van der Waals surface area contributed by atoms with Crippen molar-refractivity contribution in [3.05, 3.63) is 0 Å². The van der Waals surface area contributed by atoms with Gasteiger partial charge in [0.2, 0.25) is 0 Å². The molecule has 2 atom stereocenters. The van der Waals surface area contributed by atoms with Crippen molar-refractivity contribution in [1.29, 1.82) is 0 Å². The number of hydrogen-bond donors (Lipinski definition) is 1. The molecular formula is C14H25NO4. The molecule has 0 spiro atoms. The first-order valence-electron chi connectivity index (χ1n) is 7.14. The van der Waals surface area contributed by atoms with Crippen molar-refractivity contribution in [3.63, 3.8) is 0 Å². The van der Waals surface area contributed by atoms with Crippen molar-refractivity contribution in [2.45, 2.75) is 31.8 Å². The number of amides is 1. The van der Waals surface area contributed by atoms with Crippen LogP contribution in [0.2, 0.25) is 0 Å². The lowest BCUT2D eigenvalue weighted by molar-refractivity contribution is -0.150. The average Bonchev–Trinajstić information content (AvgIpc) is 3.15. The Hall–Kier alpha value is -0.650. The van der Waals surface area contributed by atoms with Gasteiger partial charge in [-0.15, -0.1) is 0 Å². The highest BCUT2D eigenvalue weighted by Crippen LogP contribution is 2.41. The van der Waals surface area contributed by atoms with Crippen LogP contribution in [0.1, 0.15) is 26.2 Å². The molecule has 0 bridgehead atoms. The van der Waals surface area contributed by atoms with Gasteiger partial charge < -0.3 is 19.5 Å². The van der Waals surface area contributed by atoms with Gasteiger partial charge in [-0.25, -0.2) is 0 Å². The normalized spacial score (nSPS) is 26.5. The van der Waals surface area contributed by atoms with Gasteiger partial charge in [-0.3, -0.25) is 4.79 Å². The third-order valence-corrected chi connectivity index (χ3v) is 4.16. The van der Waals surface area contributed by atoms with Crippen LogP contribution in [0, 0.1) is 11.8 Å². The maximum absolute atomic E-state index is 12.3. The van der Waals surface area contributed by atoms with Crippen LogP contribution in [0.15, 0.2) is 0 Å². The van der Waals surface area contributed by atoms with Crippen LogP contribution < -0.4 is 0 Å². The van der Waals surface area contributed by atoms with E-state index in [9.17, 15) is 9.90 Å². The van der Waals surface area contributed by atoms with E-state index in [4.69, 9.17) is 9.47 Å². The highest BCUT2D eigenvalue weighted by Gasteiger charge is 2.48. The topological polar surface area (TPSA) is 59.0 Å². The zero-order chi connectivity index (χ0) is 13.9. The van der Waals surface area contributed by atoms with E-state index in [-0.39, 0.29) is 11.8 Å². The Labute approximate surface area is 114 Å². The van der Waals surface area contributed by atoms with E-state index in [1.165, 1.54) is 0 Å². The third kappa shape index (κ3) is 3.68. The van der Waals surface area contributed by atoms with Gasteiger partial charge >= 0.3 is 0 Å². The molecule has 19 heavy (non-hydrogen) atoms. The number of carbonyl (C=O) groups is 1. The molecule has 5 nitrogen and oxygen atoms in total. The molecule has 1 aliphatic carbocycles. The first kappa shape index (κ1) is 14.8. The molecule has 1 saturated heterocycles. The average molecular weight is 271 g/mol. The van der Waals surface area contributed by atoms with Crippen LogP contribution in [0.5, 0.6) is 0 Å². The van der Waals surface area contributed by atoms with Crippen LogP contribution in [0.4, 0.5) is 0 Å². The predicted octanol–water partition coefficient (Wildman–Crippen LogP) is 0.659. The number of aliphatic hydroxyl groups is 1. The summed E-state index contributed by atoms with van der Waals surface area (Å²) in [5, 5.41) is 10.3. The summed E-state index contributed by atoms with van der Waals surface area (Å²) < 4.78 is 10.4. The lowest BCUT2D eigenvalue weighted by atomic mass is 9.99. The maximum atomic E-state index is 12.3. The second-order valence-corrected chi connectivity index (χ2v) is 5.90. The molecule has 0 aromatic rings. The molecule has 0 aromatic heterocycles. The minimum absolute atomic E-state index is 0.102. The Morgan fingerprint density at radius 2 is 2.11 bits per heavy atom. The van der Waals surface area contributed by atoms with Crippen molar-refractivity contribution in [1.82, 2.24) is 4.90 Å². The molecule has 1 amide bonds. The van der Waals surface area contributed by atoms with Crippen molar-refractivity contribution in [2.75, 3.05) is 40.0 Å². The molecule has 0 unspecified atom stereocenters. The van der Waals surface area contributed by atoms with Crippen LogP contribution in [-0.2, 0) is 14.3 Å². The fourth-order valence-electron chi connectivity index (χ4n) is 2.69. The summed E-state index contributed by atoms with van der Waals surface area (Å²) in [4.78, 5) is 14.1. The molecule has 1 N–H and O–H groups in total. The van der Waals surface area contributed by atoms with Gasteiger partial charge in [-0.05, 0) is 32.1 Å². The first-order valence-corrected chi connectivity index (χ1v) is 7.14. The van der Waals surface area contributed by atoms with Gasteiger partial charge in [0.05, 0.1) is 19.8 Å². The number of methoxy groups -OCH3 is 1. The molecule has 0 aromatic carbocycles. The van der Waals surface area contributed by atoms with E-state index in [2.05, 4.69) is 0 Å². The highest BCUT2D eigenvalue weighted by molar-refractivity contribution is 5.85. The van der Waals surface area contributed by atoms with Crippen LogP contribution >= 0.6 is 0 Å². The van der Waals surface area contributed by atoms with E-state index in [0.717, 1.165) is 25.8 Å². The van der Waals surface area contributed by atoms with Gasteiger partial charge in [-0.1, -0.05) is 0 Å². The smallest absolute Gasteiger partial charge is 0.254 e. The number of rotatable bonds is 7. The number of likely N-dealkylation sites (tertiary alicyclic amines) is 1. The largest absolute Gasteiger partial charge is 0.382 e. The van der Waals surface area contributed by atoms with Gasteiger partial charge in [0.25, 0.3) is 5.91 Å². The lowest BCUT2D eigenvalue weighted by Crippen LogP contribution is -2.47. The molecule has 2 aliphatic rings. The second-order valence-electron chi connectivity index (χ2n) is 5.90. The fourth-order valence-corrected chi connectivity index (χ4v) is 2.69. The van der Waals surface area contributed by atoms with Gasteiger partial charge in [0.1, 0.15) is 5.60 Å². The number of ether oxygens (including phenoxy) is 2. The van der Waals surface area contributed by atoms with E-state index in [0.29, 0.717) is 32.3 Å². The molecule has 110 valence electrons. The monoisotopic (exact) mass is 271 g/mol. The summed E-state index contributed by atoms with van der Waals surface area (Å²) in [6.07, 6.45) is 2.89. The molecule has 1 saturated carbocycles. The quantitative estimate of drug-likeness (QED) is 0.691. The minimum atomic E-state index is -1.16. The zero-order valence-electron chi connectivity index (χ0n) is 11.9. The van der Waals surface area contributed by atoms with Crippen molar-refractivity contribution >= 4 is 5.91 Å². The minimum Gasteiger partial charge on any atom is -0.382 e. The van der Waals surface area contributed by atoms with E-state index >= 15 is 0 Å². The Kier molecular flexibility index (Phi) is 4.81.